The normalized spacial score (nSPS) is 18.5. The minimum absolute atomic E-state index is 0.284. The highest BCUT2D eigenvalue weighted by Gasteiger charge is 2.42. The summed E-state index contributed by atoms with van der Waals surface area (Å²) in [5.74, 6) is 0.845. The van der Waals surface area contributed by atoms with E-state index in [0.29, 0.717) is 48.0 Å². The van der Waals surface area contributed by atoms with Crippen molar-refractivity contribution in [1.82, 2.24) is 35.3 Å². The van der Waals surface area contributed by atoms with Gasteiger partial charge in [-0.15, -0.1) is 10.2 Å². The number of pyridine rings is 1. The Morgan fingerprint density at radius 3 is 2.68 bits per heavy atom. The van der Waals surface area contributed by atoms with E-state index in [0.717, 1.165) is 42.3 Å². The van der Waals surface area contributed by atoms with Gasteiger partial charge in [-0.1, -0.05) is 24.6 Å². The standard InChI is InChI=1S/C26H28F3N7O/c1-15(31-18-7-4-8-18)22-24-19(10-20(32-22)26(27,28)29)23(34-35-24)16-5-3-6-17(9-16)25(12-37-13-25)11-21-33-30-14-36(21)2/h3,5-6,9-10,14-15,18,31H,4,7-8,11-13H2,1-2H3,(H,34,35)/t15-/m0/s1. The third kappa shape index (κ3) is 4.29. The highest BCUT2D eigenvalue weighted by molar-refractivity contribution is 5.94. The van der Waals surface area contributed by atoms with Crippen molar-refractivity contribution >= 4 is 10.9 Å². The van der Waals surface area contributed by atoms with Crippen LogP contribution in [-0.4, -0.2) is 49.2 Å². The molecule has 4 aromatic rings. The molecule has 4 heterocycles. The molecule has 1 saturated heterocycles. The van der Waals surface area contributed by atoms with Crippen LogP contribution in [0.3, 0.4) is 0 Å². The monoisotopic (exact) mass is 511 g/mol. The second-order valence-electron chi connectivity index (χ2n) is 10.3. The van der Waals surface area contributed by atoms with Gasteiger partial charge in [0.15, 0.2) is 0 Å². The molecule has 0 bridgehead atoms. The number of alkyl halides is 3. The number of rotatable bonds is 7. The zero-order valence-electron chi connectivity index (χ0n) is 20.6. The third-order valence-electron chi connectivity index (χ3n) is 7.68. The van der Waals surface area contributed by atoms with E-state index in [1.165, 1.54) is 0 Å². The topological polar surface area (TPSA) is 93.5 Å². The van der Waals surface area contributed by atoms with Crippen LogP contribution >= 0.6 is 0 Å². The molecule has 2 N–H and O–H groups in total. The lowest BCUT2D eigenvalue weighted by Gasteiger charge is -2.41. The number of aromatic amines is 1. The molecular weight excluding hydrogens is 483 g/mol. The van der Waals surface area contributed by atoms with Gasteiger partial charge in [-0.25, -0.2) is 4.98 Å². The summed E-state index contributed by atoms with van der Waals surface area (Å²) in [6.07, 6.45) is 0.910. The van der Waals surface area contributed by atoms with Gasteiger partial charge in [0.2, 0.25) is 0 Å². The number of aromatic nitrogens is 6. The van der Waals surface area contributed by atoms with Crippen LogP contribution in [0.5, 0.6) is 0 Å². The Morgan fingerprint density at radius 2 is 2.05 bits per heavy atom. The summed E-state index contributed by atoms with van der Waals surface area (Å²) >= 11 is 0. The van der Waals surface area contributed by atoms with Crippen molar-refractivity contribution in [3.05, 3.63) is 59.4 Å². The summed E-state index contributed by atoms with van der Waals surface area (Å²) < 4.78 is 49.1. The molecule has 2 fully saturated rings. The van der Waals surface area contributed by atoms with Crippen molar-refractivity contribution in [2.24, 2.45) is 7.05 Å². The lowest BCUT2D eigenvalue weighted by Crippen LogP contribution is -2.49. The molecule has 0 spiro atoms. The fraction of sp³-hybridized carbons (Fsp3) is 0.462. The van der Waals surface area contributed by atoms with Gasteiger partial charge >= 0.3 is 6.18 Å². The maximum absolute atomic E-state index is 13.9. The first kappa shape index (κ1) is 24.1. The van der Waals surface area contributed by atoms with Crippen LogP contribution < -0.4 is 5.32 Å². The van der Waals surface area contributed by atoms with Gasteiger partial charge in [0.05, 0.1) is 24.4 Å². The maximum Gasteiger partial charge on any atom is 0.433 e. The Kier molecular flexibility index (Phi) is 5.79. The smallest absolute Gasteiger partial charge is 0.379 e. The molecule has 37 heavy (non-hydrogen) atoms. The Labute approximate surface area is 211 Å². The molecule has 194 valence electrons. The van der Waals surface area contributed by atoms with Gasteiger partial charge in [0.1, 0.15) is 23.5 Å². The maximum atomic E-state index is 13.9. The molecule has 1 aromatic carbocycles. The highest BCUT2D eigenvalue weighted by atomic mass is 19.4. The molecule has 6 rings (SSSR count). The van der Waals surface area contributed by atoms with Crippen molar-refractivity contribution in [1.29, 1.82) is 0 Å². The average Bonchev–Trinajstić information content (AvgIpc) is 3.43. The molecule has 0 radical (unpaired) electrons. The summed E-state index contributed by atoms with van der Waals surface area (Å²) in [7, 11) is 1.90. The van der Waals surface area contributed by atoms with Crippen molar-refractivity contribution in [3.8, 4) is 11.3 Å². The van der Waals surface area contributed by atoms with Gasteiger partial charge in [-0.2, -0.15) is 18.3 Å². The van der Waals surface area contributed by atoms with E-state index >= 15 is 0 Å². The number of benzene rings is 1. The fourth-order valence-corrected chi connectivity index (χ4v) is 5.21. The molecule has 1 aliphatic heterocycles. The second kappa shape index (κ2) is 8.91. The summed E-state index contributed by atoms with van der Waals surface area (Å²) in [5.41, 5.74) is 1.89. The van der Waals surface area contributed by atoms with E-state index in [1.807, 2.05) is 42.8 Å². The Hall–Kier alpha value is -3.31. The number of hydrogen-bond donors (Lipinski definition) is 2. The summed E-state index contributed by atoms with van der Waals surface area (Å²) in [6.45, 7) is 2.91. The number of H-pyrrole nitrogens is 1. The average molecular weight is 512 g/mol. The highest BCUT2D eigenvalue weighted by Crippen LogP contribution is 2.40. The minimum atomic E-state index is -4.57. The molecule has 8 nitrogen and oxygen atoms in total. The molecule has 2 aliphatic rings. The van der Waals surface area contributed by atoms with E-state index in [-0.39, 0.29) is 11.5 Å². The lowest BCUT2D eigenvalue weighted by molar-refractivity contribution is -0.141. The predicted octanol–water partition coefficient (Wildman–Crippen LogP) is 4.49. The van der Waals surface area contributed by atoms with Crippen LogP contribution in [0.4, 0.5) is 13.2 Å². The molecule has 1 atom stereocenters. The van der Waals surface area contributed by atoms with Crippen LogP contribution in [0.25, 0.3) is 22.2 Å². The fourth-order valence-electron chi connectivity index (χ4n) is 5.21. The van der Waals surface area contributed by atoms with E-state index in [9.17, 15) is 13.2 Å². The van der Waals surface area contributed by atoms with Crippen LogP contribution in [0, 0.1) is 0 Å². The Morgan fingerprint density at radius 1 is 1.24 bits per heavy atom. The summed E-state index contributed by atoms with van der Waals surface area (Å²) in [6, 6.07) is 8.86. The van der Waals surface area contributed by atoms with E-state index in [4.69, 9.17) is 4.74 Å². The molecule has 1 saturated carbocycles. The first-order chi connectivity index (χ1) is 17.7. The van der Waals surface area contributed by atoms with Gasteiger partial charge in [-0.05, 0) is 37.5 Å². The summed E-state index contributed by atoms with van der Waals surface area (Å²) in [4.78, 5) is 4.03. The second-order valence-corrected chi connectivity index (χ2v) is 10.3. The van der Waals surface area contributed by atoms with Crippen LogP contribution in [0.15, 0.2) is 36.7 Å². The molecule has 1 aliphatic carbocycles. The number of fused-ring (bicyclic) bond motifs is 1. The number of ether oxygens (including phenoxy) is 1. The minimum Gasteiger partial charge on any atom is -0.379 e. The van der Waals surface area contributed by atoms with E-state index < -0.39 is 11.9 Å². The number of hydrogen-bond acceptors (Lipinski definition) is 6. The molecular formula is C26H28F3N7O. The number of nitrogens with one attached hydrogen (secondary N) is 2. The first-order valence-electron chi connectivity index (χ1n) is 12.5. The summed E-state index contributed by atoms with van der Waals surface area (Å²) in [5, 5.41) is 19.5. The predicted molar refractivity (Wildman–Crippen MR) is 131 cm³/mol. The van der Waals surface area contributed by atoms with Crippen LogP contribution in [0.2, 0.25) is 0 Å². The zero-order valence-corrected chi connectivity index (χ0v) is 20.6. The van der Waals surface area contributed by atoms with Gasteiger partial charge in [-0.3, -0.25) is 5.10 Å². The Balaban J connectivity index is 1.41. The SMILES string of the molecule is C[C@H](NC1CCC1)c1nc(C(F)(F)F)cc2c(-c3cccc(C4(Cc5nncn5C)COC4)c3)n[nH]c12. The quantitative estimate of drug-likeness (QED) is 0.380. The van der Waals surface area contributed by atoms with Gasteiger partial charge in [0, 0.05) is 41.9 Å². The van der Waals surface area contributed by atoms with E-state index in [2.05, 4.69) is 30.7 Å². The van der Waals surface area contributed by atoms with Gasteiger partial charge in [0.25, 0.3) is 0 Å². The Bertz CT molecular complexity index is 1440. The lowest BCUT2D eigenvalue weighted by atomic mass is 9.75. The van der Waals surface area contributed by atoms with Gasteiger partial charge < -0.3 is 14.6 Å². The van der Waals surface area contributed by atoms with Crippen LogP contribution in [0.1, 0.15) is 55.0 Å². The van der Waals surface area contributed by atoms with Crippen molar-refractivity contribution in [2.45, 2.75) is 56.3 Å². The number of halogens is 3. The van der Waals surface area contributed by atoms with Crippen molar-refractivity contribution < 1.29 is 17.9 Å². The number of aryl methyl sites for hydroxylation is 1. The molecule has 0 amide bonds. The third-order valence-corrected chi connectivity index (χ3v) is 7.68. The van der Waals surface area contributed by atoms with E-state index in [1.54, 1.807) is 6.33 Å². The zero-order chi connectivity index (χ0) is 25.8. The molecule has 0 unspecified atom stereocenters. The van der Waals surface area contributed by atoms with Crippen molar-refractivity contribution in [3.63, 3.8) is 0 Å². The number of nitrogens with zero attached hydrogens (tertiary/aromatic N) is 5. The first-order valence-corrected chi connectivity index (χ1v) is 12.5. The molecule has 3 aromatic heterocycles. The largest absolute Gasteiger partial charge is 0.433 e. The van der Waals surface area contributed by atoms with Crippen LogP contribution in [-0.2, 0) is 29.8 Å². The molecule has 11 heteroatoms. The van der Waals surface area contributed by atoms with Crippen molar-refractivity contribution in [2.75, 3.05) is 13.2 Å².